The van der Waals surface area contributed by atoms with Crippen molar-refractivity contribution in [1.29, 1.82) is 0 Å². The molecule has 1 saturated carbocycles. The van der Waals surface area contributed by atoms with E-state index in [2.05, 4.69) is 0 Å². The second-order valence-electron chi connectivity index (χ2n) is 5.31. The van der Waals surface area contributed by atoms with Crippen molar-refractivity contribution in [2.75, 3.05) is 18.8 Å². The zero-order valence-electron chi connectivity index (χ0n) is 10.6. The van der Waals surface area contributed by atoms with Gasteiger partial charge in [0.2, 0.25) is 10.0 Å². The average Bonchev–Trinajstić information content (AvgIpc) is 2.96. The molecule has 0 bridgehead atoms. The van der Waals surface area contributed by atoms with Crippen LogP contribution in [0.4, 0.5) is 0 Å². The van der Waals surface area contributed by atoms with Crippen LogP contribution in [0.3, 0.4) is 0 Å². The molecule has 1 rings (SSSR count). The van der Waals surface area contributed by atoms with E-state index in [4.69, 9.17) is 5.73 Å². The Morgan fingerprint density at radius 2 is 1.94 bits per heavy atom. The topological polar surface area (TPSA) is 63.4 Å². The van der Waals surface area contributed by atoms with Crippen molar-refractivity contribution in [2.45, 2.75) is 45.6 Å². The molecule has 0 aliphatic heterocycles. The molecular formula is C11H24N2O2S. The van der Waals surface area contributed by atoms with Crippen LogP contribution in [-0.2, 0) is 10.0 Å². The SMILES string of the molecule is CCCN(C(C)(C)CN)S(=O)(=O)CC1CC1. The Morgan fingerprint density at radius 3 is 2.31 bits per heavy atom. The Hall–Kier alpha value is -0.130. The highest BCUT2D eigenvalue weighted by Crippen LogP contribution is 2.32. The minimum Gasteiger partial charge on any atom is -0.329 e. The Morgan fingerprint density at radius 1 is 1.38 bits per heavy atom. The second kappa shape index (κ2) is 5.02. The van der Waals surface area contributed by atoms with E-state index < -0.39 is 15.6 Å². The molecule has 0 radical (unpaired) electrons. The summed E-state index contributed by atoms with van der Waals surface area (Å²) in [6.07, 6.45) is 2.94. The first-order valence-corrected chi connectivity index (χ1v) is 7.65. The maximum Gasteiger partial charge on any atom is 0.214 e. The van der Waals surface area contributed by atoms with Crippen LogP contribution in [0.1, 0.15) is 40.0 Å². The maximum atomic E-state index is 12.2. The molecule has 0 spiro atoms. The van der Waals surface area contributed by atoms with Crippen LogP contribution in [0.15, 0.2) is 0 Å². The average molecular weight is 248 g/mol. The zero-order valence-corrected chi connectivity index (χ0v) is 11.4. The van der Waals surface area contributed by atoms with Gasteiger partial charge in [0.15, 0.2) is 0 Å². The Balaban J connectivity index is 2.82. The molecule has 2 N–H and O–H groups in total. The number of rotatable bonds is 7. The van der Waals surface area contributed by atoms with Gasteiger partial charge in [-0.2, -0.15) is 4.31 Å². The van der Waals surface area contributed by atoms with Crippen molar-refractivity contribution in [1.82, 2.24) is 4.31 Å². The van der Waals surface area contributed by atoms with E-state index in [0.717, 1.165) is 19.3 Å². The van der Waals surface area contributed by atoms with Gasteiger partial charge in [-0.25, -0.2) is 8.42 Å². The van der Waals surface area contributed by atoms with Gasteiger partial charge in [-0.15, -0.1) is 0 Å². The van der Waals surface area contributed by atoms with Crippen molar-refractivity contribution < 1.29 is 8.42 Å². The predicted octanol–water partition coefficient (Wildman–Crippen LogP) is 1.18. The van der Waals surface area contributed by atoms with E-state index >= 15 is 0 Å². The van der Waals surface area contributed by atoms with Crippen molar-refractivity contribution >= 4 is 10.0 Å². The van der Waals surface area contributed by atoms with Gasteiger partial charge in [0.05, 0.1) is 5.75 Å². The molecule has 0 aromatic rings. The van der Waals surface area contributed by atoms with Crippen LogP contribution >= 0.6 is 0 Å². The van der Waals surface area contributed by atoms with Gasteiger partial charge in [0.1, 0.15) is 0 Å². The normalized spacial score (nSPS) is 18.1. The summed E-state index contributed by atoms with van der Waals surface area (Å²) >= 11 is 0. The summed E-state index contributed by atoms with van der Waals surface area (Å²) in [6, 6.07) is 0. The number of hydrogen-bond acceptors (Lipinski definition) is 3. The van der Waals surface area contributed by atoms with Crippen LogP contribution < -0.4 is 5.73 Å². The smallest absolute Gasteiger partial charge is 0.214 e. The van der Waals surface area contributed by atoms with Crippen molar-refractivity contribution in [2.24, 2.45) is 11.7 Å². The fourth-order valence-electron chi connectivity index (χ4n) is 1.80. The van der Waals surface area contributed by atoms with E-state index in [1.807, 2.05) is 20.8 Å². The summed E-state index contributed by atoms with van der Waals surface area (Å²) in [5.74, 6) is 0.689. The third-order valence-electron chi connectivity index (χ3n) is 3.08. The number of hydrogen-bond donors (Lipinski definition) is 1. The fraction of sp³-hybridized carbons (Fsp3) is 1.00. The van der Waals surface area contributed by atoms with Gasteiger partial charge in [-0.3, -0.25) is 0 Å². The van der Waals surface area contributed by atoms with Crippen molar-refractivity contribution in [3.8, 4) is 0 Å². The molecule has 1 aliphatic carbocycles. The van der Waals surface area contributed by atoms with Gasteiger partial charge in [0, 0.05) is 18.6 Å². The van der Waals surface area contributed by atoms with Gasteiger partial charge in [-0.1, -0.05) is 6.92 Å². The lowest BCUT2D eigenvalue weighted by Gasteiger charge is -2.36. The van der Waals surface area contributed by atoms with Crippen molar-refractivity contribution in [3.05, 3.63) is 0 Å². The summed E-state index contributed by atoms with van der Waals surface area (Å²) in [7, 11) is -3.14. The largest absolute Gasteiger partial charge is 0.329 e. The molecule has 0 amide bonds. The lowest BCUT2D eigenvalue weighted by atomic mass is 10.1. The fourth-order valence-corrected chi connectivity index (χ4v) is 4.19. The highest BCUT2D eigenvalue weighted by Gasteiger charge is 2.38. The first-order valence-electron chi connectivity index (χ1n) is 6.04. The molecule has 0 aromatic carbocycles. The monoisotopic (exact) mass is 248 g/mol. The van der Waals surface area contributed by atoms with Gasteiger partial charge >= 0.3 is 0 Å². The standard InChI is InChI=1S/C11H24N2O2S/c1-4-7-13(11(2,3)9-12)16(14,15)8-10-5-6-10/h10H,4-9,12H2,1-3H3. The minimum absolute atomic E-state index is 0.302. The molecule has 0 aromatic heterocycles. The van der Waals surface area contributed by atoms with Crippen LogP contribution in [0.5, 0.6) is 0 Å². The maximum absolute atomic E-state index is 12.2. The lowest BCUT2D eigenvalue weighted by molar-refractivity contribution is 0.234. The minimum atomic E-state index is -3.14. The predicted molar refractivity (Wildman–Crippen MR) is 66.6 cm³/mol. The van der Waals surface area contributed by atoms with E-state index in [9.17, 15) is 8.42 Å². The van der Waals surface area contributed by atoms with E-state index in [0.29, 0.717) is 24.8 Å². The summed E-state index contributed by atoms with van der Waals surface area (Å²) in [4.78, 5) is 0. The molecule has 0 heterocycles. The van der Waals surface area contributed by atoms with E-state index in [1.54, 1.807) is 4.31 Å². The molecule has 5 heteroatoms. The van der Waals surface area contributed by atoms with E-state index in [1.165, 1.54) is 0 Å². The summed E-state index contributed by atoms with van der Waals surface area (Å²) < 4.78 is 26.1. The number of nitrogens with zero attached hydrogens (tertiary/aromatic N) is 1. The summed E-state index contributed by atoms with van der Waals surface area (Å²) in [5.41, 5.74) is 5.21. The molecule has 1 aliphatic rings. The van der Waals surface area contributed by atoms with Gasteiger partial charge < -0.3 is 5.73 Å². The molecule has 0 atom stereocenters. The van der Waals surface area contributed by atoms with Gasteiger partial charge in [-0.05, 0) is 39.0 Å². The van der Waals surface area contributed by atoms with Crippen LogP contribution in [0.25, 0.3) is 0 Å². The number of nitrogens with two attached hydrogens (primary N) is 1. The Labute approximate surface area is 99.2 Å². The number of sulfonamides is 1. The second-order valence-corrected chi connectivity index (χ2v) is 7.25. The molecule has 1 fully saturated rings. The van der Waals surface area contributed by atoms with Crippen LogP contribution in [0.2, 0.25) is 0 Å². The molecule has 96 valence electrons. The lowest BCUT2D eigenvalue weighted by Crippen LogP contribution is -2.53. The van der Waals surface area contributed by atoms with Crippen LogP contribution in [0, 0.1) is 5.92 Å². The molecule has 4 nitrogen and oxygen atoms in total. The summed E-state index contributed by atoms with van der Waals surface area (Å²) in [6.45, 7) is 6.71. The third kappa shape index (κ3) is 3.43. The zero-order chi connectivity index (χ0) is 12.4. The first-order chi connectivity index (χ1) is 7.33. The Bertz CT molecular complexity index is 321. The van der Waals surface area contributed by atoms with Gasteiger partial charge in [0.25, 0.3) is 0 Å². The molecule has 16 heavy (non-hydrogen) atoms. The Kier molecular flexibility index (Phi) is 4.37. The molecule has 0 saturated heterocycles. The summed E-state index contributed by atoms with van der Waals surface area (Å²) in [5, 5.41) is 0. The third-order valence-corrected chi connectivity index (χ3v) is 5.32. The molecular weight excluding hydrogens is 224 g/mol. The van der Waals surface area contributed by atoms with Crippen molar-refractivity contribution in [3.63, 3.8) is 0 Å². The van der Waals surface area contributed by atoms with Crippen LogP contribution in [-0.4, -0.2) is 37.1 Å². The highest BCUT2D eigenvalue weighted by atomic mass is 32.2. The quantitative estimate of drug-likeness (QED) is 0.736. The van der Waals surface area contributed by atoms with E-state index in [-0.39, 0.29) is 0 Å². The molecule has 0 unspecified atom stereocenters. The highest BCUT2D eigenvalue weighted by molar-refractivity contribution is 7.89. The first kappa shape index (κ1) is 13.9.